The zero-order valence-corrected chi connectivity index (χ0v) is 24.0. The molecule has 0 aliphatic heterocycles. The average molecular weight is 601 g/mol. The van der Waals surface area contributed by atoms with E-state index in [1.54, 1.807) is 6.92 Å². The van der Waals surface area contributed by atoms with Crippen LogP contribution in [0.25, 0.3) is 0 Å². The van der Waals surface area contributed by atoms with E-state index < -0.39 is 53.6 Å². The van der Waals surface area contributed by atoms with Gasteiger partial charge in [-0.25, -0.2) is 4.79 Å². The molecule has 0 spiro atoms. The molecule has 7 N–H and O–H groups in total. The van der Waals surface area contributed by atoms with Gasteiger partial charge in [-0.15, -0.1) is 0 Å². The van der Waals surface area contributed by atoms with Gasteiger partial charge in [-0.05, 0) is 57.8 Å². The van der Waals surface area contributed by atoms with E-state index in [4.69, 9.17) is 14.9 Å². The van der Waals surface area contributed by atoms with E-state index >= 15 is 0 Å². The first-order valence-corrected chi connectivity index (χ1v) is 14.3. The molecule has 42 heavy (non-hydrogen) atoms. The zero-order valence-electron chi connectivity index (χ0n) is 24.0. The lowest BCUT2D eigenvalue weighted by atomic mass is 9.81. The molecule has 0 saturated heterocycles. The Hall–Kier alpha value is -3.75. The summed E-state index contributed by atoms with van der Waals surface area (Å²) in [5, 5.41) is 37.5. The quantitative estimate of drug-likeness (QED) is 0.0866. The molecular formula is C27H44N4O11. The molecule has 1 rings (SSSR count). The molecule has 15 heteroatoms. The number of ether oxygens (including phenoxy) is 1. The van der Waals surface area contributed by atoms with Crippen molar-refractivity contribution < 1.29 is 53.6 Å². The second-order valence-electron chi connectivity index (χ2n) is 10.2. The third-order valence-electron chi connectivity index (χ3n) is 6.92. The summed E-state index contributed by atoms with van der Waals surface area (Å²) < 4.78 is 5.13. The van der Waals surface area contributed by atoms with E-state index in [1.807, 2.05) is 0 Å². The van der Waals surface area contributed by atoms with Crippen LogP contribution in [0.4, 0.5) is 0 Å². The maximum absolute atomic E-state index is 12.8. The third-order valence-corrected chi connectivity index (χ3v) is 6.92. The second-order valence-corrected chi connectivity index (χ2v) is 10.2. The molecule has 1 fully saturated rings. The van der Waals surface area contributed by atoms with Crippen molar-refractivity contribution in [3.05, 3.63) is 0 Å². The van der Waals surface area contributed by atoms with E-state index in [9.17, 15) is 38.7 Å². The highest BCUT2D eigenvalue weighted by atomic mass is 16.5. The van der Waals surface area contributed by atoms with Crippen molar-refractivity contribution in [3.8, 4) is 0 Å². The van der Waals surface area contributed by atoms with E-state index in [2.05, 4.69) is 21.3 Å². The van der Waals surface area contributed by atoms with Crippen LogP contribution in [0.15, 0.2) is 0 Å². The van der Waals surface area contributed by atoms with Crippen LogP contribution in [0, 0.1) is 11.8 Å². The maximum Gasteiger partial charge on any atom is 0.326 e. The summed E-state index contributed by atoms with van der Waals surface area (Å²) in [6.45, 7) is 3.08. The highest BCUT2D eigenvalue weighted by molar-refractivity contribution is 5.89. The molecule has 15 nitrogen and oxygen atoms in total. The number of carboxylic acid groups (broad SMARTS) is 3. The molecule has 0 unspecified atom stereocenters. The van der Waals surface area contributed by atoms with Gasteiger partial charge in [-0.1, -0.05) is 0 Å². The highest BCUT2D eigenvalue weighted by Crippen LogP contribution is 2.28. The van der Waals surface area contributed by atoms with Gasteiger partial charge in [-0.3, -0.25) is 28.8 Å². The third kappa shape index (κ3) is 15.9. The van der Waals surface area contributed by atoms with Gasteiger partial charge in [0.15, 0.2) is 0 Å². The van der Waals surface area contributed by atoms with Crippen LogP contribution in [0.5, 0.6) is 0 Å². The predicted octanol–water partition coefficient (Wildman–Crippen LogP) is 0.0158. The number of carbonyl (C=O) groups is 7. The van der Waals surface area contributed by atoms with Crippen LogP contribution in [0.3, 0.4) is 0 Å². The molecular weight excluding hydrogens is 556 g/mol. The molecule has 0 bridgehead atoms. The van der Waals surface area contributed by atoms with Crippen molar-refractivity contribution in [2.24, 2.45) is 11.8 Å². The van der Waals surface area contributed by atoms with Crippen molar-refractivity contribution >= 4 is 41.5 Å². The predicted molar refractivity (Wildman–Crippen MR) is 147 cm³/mol. The average Bonchev–Trinajstić information content (AvgIpc) is 2.94. The first-order chi connectivity index (χ1) is 19.9. The molecule has 4 amide bonds. The van der Waals surface area contributed by atoms with Crippen LogP contribution >= 0.6 is 0 Å². The van der Waals surface area contributed by atoms with Gasteiger partial charge in [-0.2, -0.15) is 0 Å². The van der Waals surface area contributed by atoms with Gasteiger partial charge in [0.05, 0.1) is 6.61 Å². The summed E-state index contributed by atoms with van der Waals surface area (Å²) in [7, 11) is 0. The van der Waals surface area contributed by atoms with E-state index in [-0.39, 0.29) is 69.9 Å². The standard InChI is InChI=1S/C27H44N4O11/c1-2-42-15-14-28-26(39)19(11-13-24(36)37)30-22(33)12-10-20(27(40)41)31-25(38)18-8-6-17(7-9-18)16-29-21(32)4-3-5-23(34)35/h17-20H,2-16H2,1H3,(H,28,39)(H,29,32)(H,30,33)(H,31,38)(H,34,35)(H,36,37)(H,40,41)/t17-,18-,19-,20-/m0/s1. The number of hydrogen-bond donors (Lipinski definition) is 7. The number of nitrogens with one attached hydrogen (secondary N) is 4. The van der Waals surface area contributed by atoms with Crippen molar-refractivity contribution in [2.45, 2.75) is 89.6 Å². The van der Waals surface area contributed by atoms with Crippen LogP contribution in [-0.4, -0.2) is 95.2 Å². The van der Waals surface area contributed by atoms with Gasteiger partial charge < -0.3 is 41.3 Å². The monoisotopic (exact) mass is 600 g/mol. The normalized spacial score (nSPS) is 17.7. The minimum Gasteiger partial charge on any atom is -0.481 e. The lowest BCUT2D eigenvalue weighted by Crippen LogP contribution is -2.48. The Balaban J connectivity index is 2.50. The summed E-state index contributed by atoms with van der Waals surface area (Å²) in [6, 6.07) is -2.46. The van der Waals surface area contributed by atoms with Crippen LogP contribution in [-0.2, 0) is 38.3 Å². The second kappa shape index (κ2) is 20.2. The fourth-order valence-corrected chi connectivity index (χ4v) is 4.51. The number of hydrogen-bond acceptors (Lipinski definition) is 8. The molecule has 1 saturated carbocycles. The fourth-order valence-electron chi connectivity index (χ4n) is 4.51. The smallest absolute Gasteiger partial charge is 0.326 e. The van der Waals surface area contributed by atoms with Crippen LogP contribution in [0.1, 0.15) is 77.6 Å². The Morgan fingerprint density at radius 3 is 2.00 bits per heavy atom. The topological polar surface area (TPSA) is 238 Å². The van der Waals surface area contributed by atoms with Crippen LogP contribution < -0.4 is 21.3 Å². The van der Waals surface area contributed by atoms with Gasteiger partial charge in [0.2, 0.25) is 23.6 Å². The number of amides is 4. The minimum absolute atomic E-state index is 0.0739. The molecule has 0 aromatic carbocycles. The van der Waals surface area contributed by atoms with E-state index in [0.717, 1.165) is 0 Å². The first kappa shape index (κ1) is 36.3. The Kier molecular flexibility index (Phi) is 17.4. The summed E-state index contributed by atoms with van der Waals surface area (Å²) in [5.74, 6) is -5.57. The number of aliphatic carboxylic acids is 3. The van der Waals surface area contributed by atoms with Crippen molar-refractivity contribution in [1.29, 1.82) is 0 Å². The van der Waals surface area contributed by atoms with Gasteiger partial charge >= 0.3 is 17.9 Å². The highest BCUT2D eigenvalue weighted by Gasteiger charge is 2.30. The van der Waals surface area contributed by atoms with Crippen molar-refractivity contribution in [3.63, 3.8) is 0 Å². The molecule has 0 aromatic heterocycles. The Bertz CT molecular complexity index is 935. The molecule has 0 heterocycles. The van der Waals surface area contributed by atoms with E-state index in [0.29, 0.717) is 38.8 Å². The Morgan fingerprint density at radius 2 is 1.40 bits per heavy atom. The molecule has 1 aliphatic rings. The molecule has 238 valence electrons. The lowest BCUT2D eigenvalue weighted by Gasteiger charge is -2.28. The number of carbonyl (C=O) groups excluding carboxylic acids is 4. The number of rotatable bonds is 21. The van der Waals surface area contributed by atoms with Gasteiger partial charge in [0, 0.05) is 51.3 Å². The Morgan fingerprint density at radius 1 is 0.762 bits per heavy atom. The van der Waals surface area contributed by atoms with Gasteiger partial charge in [0.1, 0.15) is 12.1 Å². The maximum atomic E-state index is 12.8. The van der Waals surface area contributed by atoms with Crippen molar-refractivity contribution in [1.82, 2.24) is 21.3 Å². The lowest BCUT2D eigenvalue weighted by molar-refractivity contribution is -0.143. The zero-order chi connectivity index (χ0) is 31.5. The van der Waals surface area contributed by atoms with Crippen molar-refractivity contribution in [2.75, 3.05) is 26.3 Å². The fraction of sp³-hybridized carbons (Fsp3) is 0.741. The van der Waals surface area contributed by atoms with Gasteiger partial charge in [0.25, 0.3) is 0 Å². The summed E-state index contributed by atoms with van der Waals surface area (Å²) in [6.07, 6.45) is 1.56. The number of carboxylic acids is 3. The summed E-state index contributed by atoms with van der Waals surface area (Å²) >= 11 is 0. The SMILES string of the molecule is CCOCCNC(=O)[C@H](CCC(=O)O)NC(=O)CC[C@H](NC(=O)[C@H]1CC[C@H](CNC(=O)CCCC(=O)O)CC1)C(=O)O. The minimum atomic E-state index is -1.33. The molecule has 0 aromatic rings. The molecule has 2 atom stereocenters. The largest absolute Gasteiger partial charge is 0.481 e. The summed E-state index contributed by atoms with van der Waals surface area (Å²) in [5.41, 5.74) is 0. The van der Waals surface area contributed by atoms with E-state index in [1.165, 1.54) is 0 Å². The first-order valence-electron chi connectivity index (χ1n) is 14.3. The van der Waals surface area contributed by atoms with Crippen LogP contribution in [0.2, 0.25) is 0 Å². The molecule has 1 aliphatic carbocycles. The Labute approximate surface area is 244 Å². The molecule has 0 radical (unpaired) electrons. The summed E-state index contributed by atoms with van der Waals surface area (Å²) in [4.78, 5) is 82.8.